The Morgan fingerprint density at radius 2 is 1.56 bits per heavy atom. The van der Waals surface area contributed by atoms with E-state index in [1.165, 1.54) is 36.3 Å². The number of aromatic hydroxyl groups is 1. The van der Waals surface area contributed by atoms with Crippen LogP contribution in [0.15, 0.2) is 83.9 Å². The zero-order valence-electron chi connectivity index (χ0n) is 19.4. The molecule has 4 aromatic rings. The lowest BCUT2D eigenvalue weighted by atomic mass is 10.0. The molecule has 5 nitrogen and oxygen atoms in total. The molecule has 0 unspecified atom stereocenters. The molecule has 0 spiro atoms. The van der Waals surface area contributed by atoms with Gasteiger partial charge in [-0.15, -0.1) is 0 Å². The van der Waals surface area contributed by atoms with Crippen LogP contribution in [0.5, 0.6) is 5.88 Å². The summed E-state index contributed by atoms with van der Waals surface area (Å²) in [6, 6.07) is 25.7. The van der Waals surface area contributed by atoms with Crippen LogP contribution in [0.2, 0.25) is 0 Å². The Morgan fingerprint density at radius 1 is 0.882 bits per heavy atom. The summed E-state index contributed by atoms with van der Waals surface area (Å²) in [6.07, 6.45) is 3.89. The maximum atomic E-state index is 12.4. The van der Waals surface area contributed by atoms with Crippen LogP contribution in [-0.2, 0) is 6.54 Å². The number of hydrogen-bond acceptors (Lipinski definition) is 4. The average molecular weight is 452 g/mol. The van der Waals surface area contributed by atoms with Gasteiger partial charge in [0.15, 0.2) is 0 Å². The van der Waals surface area contributed by atoms with E-state index in [0.717, 1.165) is 36.3 Å². The maximum absolute atomic E-state index is 12.4. The number of hydrogen-bond donors (Lipinski definition) is 1. The minimum atomic E-state index is -0.241. The van der Waals surface area contributed by atoms with Crippen LogP contribution in [-0.4, -0.2) is 39.3 Å². The summed E-state index contributed by atoms with van der Waals surface area (Å²) in [6.45, 7) is 4.74. The highest BCUT2D eigenvalue weighted by Gasteiger charge is 2.23. The second-order valence-corrected chi connectivity index (χ2v) is 8.90. The van der Waals surface area contributed by atoms with Gasteiger partial charge in [0.25, 0.3) is 0 Å². The fourth-order valence-electron chi connectivity index (χ4n) is 4.82. The number of nitrogens with zero attached hydrogens (tertiary/aromatic N) is 3. The zero-order chi connectivity index (χ0) is 23.5. The number of likely N-dealkylation sites (tertiary alicyclic amines) is 1. The highest BCUT2D eigenvalue weighted by atomic mass is 16.3. The Balaban J connectivity index is 1.59. The van der Waals surface area contributed by atoms with Crippen molar-refractivity contribution in [2.45, 2.75) is 32.7 Å². The molecule has 34 heavy (non-hydrogen) atoms. The molecule has 1 fully saturated rings. The Labute approximate surface area is 200 Å². The molecule has 0 amide bonds. The van der Waals surface area contributed by atoms with Crippen LogP contribution in [0.25, 0.3) is 10.9 Å². The summed E-state index contributed by atoms with van der Waals surface area (Å²) in [4.78, 5) is 19.9. The Hall–Kier alpha value is -3.70. The number of fused-ring (bicyclic) bond motifs is 1. The second-order valence-electron chi connectivity index (χ2n) is 8.90. The number of carbonyl (C=O) groups excluding carboxylic acids is 1. The topological polar surface area (TPSA) is 57.8 Å². The van der Waals surface area contributed by atoms with Crippen molar-refractivity contribution in [3.05, 3.63) is 95.6 Å². The lowest BCUT2D eigenvalue weighted by Gasteiger charge is -2.26. The number of benzene rings is 3. The summed E-state index contributed by atoms with van der Waals surface area (Å²) >= 11 is 0. The van der Waals surface area contributed by atoms with Gasteiger partial charge >= 0.3 is 0 Å². The van der Waals surface area contributed by atoms with E-state index in [4.69, 9.17) is 4.99 Å². The highest BCUT2D eigenvalue weighted by molar-refractivity contribution is 6.23. The first-order chi connectivity index (χ1) is 16.6. The Morgan fingerprint density at radius 3 is 2.26 bits per heavy atom. The number of rotatable bonds is 5. The Bertz CT molecular complexity index is 1330. The van der Waals surface area contributed by atoms with Crippen LogP contribution in [0, 0.1) is 0 Å². The van der Waals surface area contributed by atoms with Crippen LogP contribution >= 0.6 is 0 Å². The maximum Gasteiger partial charge on any atom is 0.230 e. The molecule has 1 N–H and O–H groups in total. The van der Waals surface area contributed by atoms with Gasteiger partial charge in [0.05, 0.1) is 22.5 Å². The first kappa shape index (κ1) is 22.1. The number of aliphatic imine (C=N–C) groups is 1. The molecule has 0 bridgehead atoms. The SMILES string of the molecule is CC(=O)n1c(O)c(C(=Nc2ccc(CN3CCCCC3)cc2)c2ccccc2)c2ccccc21. The van der Waals surface area contributed by atoms with Crippen molar-refractivity contribution in [1.29, 1.82) is 0 Å². The van der Waals surface area contributed by atoms with Crippen molar-refractivity contribution in [3.63, 3.8) is 0 Å². The summed E-state index contributed by atoms with van der Waals surface area (Å²) in [7, 11) is 0. The van der Waals surface area contributed by atoms with E-state index < -0.39 is 0 Å². The molecule has 0 aliphatic carbocycles. The largest absolute Gasteiger partial charge is 0.494 e. The predicted molar refractivity (Wildman–Crippen MR) is 137 cm³/mol. The fourth-order valence-corrected chi connectivity index (χ4v) is 4.82. The van der Waals surface area contributed by atoms with Gasteiger partial charge in [-0.1, -0.05) is 67.1 Å². The van der Waals surface area contributed by atoms with Gasteiger partial charge in [0.1, 0.15) is 0 Å². The third-order valence-corrected chi connectivity index (χ3v) is 6.48. The van der Waals surface area contributed by atoms with Crippen LogP contribution in [0.4, 0.5) is 5.69 Å². The first-order valence-electron chi connectivity index (χ1n) is 11.9. The van der Waals surface area contributed by atoms with Crippen molar-refractivity contribution in [2.75, 3.05) is 13.1 Å². The van der Waals surface area contributed by atoms with Crippen molar-refractivity contribution in [3.8, 4) is 5.88 Å². The average Bonchev–Trinajstić information content (AvgIpc) is 3.16. The molecule has 1 saturated heterocycles. The van der Waals surface area contributed by atoms with E-state index in [1.54, 1.807) is 0 Å². The zero-order valence-corrected chi connectivity index (χ0v) is 19.4. The summed E-state index contributed by atoms with van der Waals surface area (Å²) in [5.41, 5.74) is 4.83. The van der Waals surface area contributed by atoms with Crippen LogP contribution < -0.4 is 0 Å². The summed E-state index contributed by atoms with van der Waals surface area (Å²) < 4.78 is 1.35. The summed E-state index contributed by atoms with van der Waals surface area (Å²) in [5, 5.41) is 12.0. The Kier molecular flexibility index (Phi) is 6.28. The highest BCUT2D eigenvalue weighted by Crippen LogP contribution is 2.34. The van der Waals surface area contributed by atoms with E-state index in [-0.39, 0.29) is 11.8 Å². The van der Waals surface area contributed by atoms with Crippen molar-refractivity contribution in [1.82, 2.24) is 9.47 Å². The molecule has 1 aromatic heterocycles. The van der Waals surface area contributed by atoms with Gasteiger partial charge in [-0.05, 0) is 49.7 Å². The lowest BCUT2D eigenvalue weighted by Crippen LogP contribution is -2.28. The number of carbonyl (C=O) groups is 1. The molecule has 1 aliphatic rings. The third-order valence-electron chi connectivity index (χ3n) is 6.48. The van der Waals surface area contributed by atoms with Gasteiger partial charge < -0.3 is 5.11 Å². The van der Waals surface area contributed by atoms with Crippen molar-refractivity contribution < 1.29 is 9.90 Å². The molecule has 3 aromatic carbocycles. The van der Waals surface area contributed by atoms with E-state index >= 15 is 0 Å². The molecular weight excluding hydrogens is 422 g/mol. The first-order valence-corrected chi connectivity index (χ1v) is 11.9. The molecule has 5 rings (SSSR count). The molecule has 172 valence electrons. The molecule has 1 aliphatic heterocycles. The third kappa shape index (κ3) is 4.39. The quantitative estimate of drug-likeness (QED) is 0.370. The van der Waals surface area contributed by atoms with E-state index in [0.29, 0.717) is 16.8 Å². The van der Waals surface area contributed by atoms with Gasteiger partial charge in [-0.3, -0.25) is 14.3 Å². The fraction of sp³-hybridized carbons (Fsp3) is 0.241. The molecule has 5 heteroatoms. The van der Waals surface area contributed by atoms with E-state index in [1.807, 2.05) is 66.7 Å². The second kappa shape index (κ2) is 9.65. The van der Waals surface area contributed by atoms with Crippen LogP contribution in [0.1, 0.15) is 47.7 Å². The van der Waals surface area contributed by atoms with E-state index in [9.17, 15) is 9.90 Å². The summed E-state index contributed by atoms with van der Waals surface area (Å²) in [5.74, 6) is -0.326. The van der Waals surface area contributed by atoms with Gasteiger partial charge in [-0.25, -0.2) is 4.99 Å². The monoisotopic (exact) mass is 451 g/mol. The molecule has 0 saturated carbocycles. The van der Waals surface area contributed by atoms with Gasteiger partial charge in [0, 0.05) is 24.4 Å². The number of piperidine rings is 1. The minimum Gasteiger partial charge on any atom is -0.494 e. The van der Waals surface area contributed by atoms with Crippen LogP contribution in [0.3, 0.4) is 0 Å². The smallest absolute Gasteiger partial charge is 0.230 e. The standard InChI is InChI=1S/C29H29N3O2/c1-21(33)32-26-13-7-6-12-25(26)27(29(32)34)28(23-10-4-2-5-11-23)30-24-16-14-22(15-17-24)20-31-18-8-3-9-19-31/h2,4-7,10-17,34H,3,8-9,18-20H2,1H3. The molecule has 0 radical (unpaired) electrons. The van der Waals surface area contributed by atoms with Crippen molar-refractivity contribution >= 4 is 28.2 Å². The molecule has 0 atom stereocenters. The van der Waals surface area contributed by atoms with Crippen molar-refractivity contribution in [2.24, 2.45) is 4.99 Å². The minimum absolute atomic E-state index is 0.0852. The normalized spacial score (nSPS) is 15.0. The number of aromatic nitrogens is 1. The van der Waals surface area contributed by atoms with Gasteiger partial charge in [0.2, 0.25) is 11.8 Å². The van der Waals surface area contributed by atoms with Gasteiger partial charge in [-0.2, -0.15) is 0 Å². The predicted octanol–water partition coefficient (Wildman–Crippen LogP) is 6.16. The molecule has 2 heterocycles. The molecular formula is C29H29N3O2. The lowest BCUT2D eigenvalue weighted by molar-refractivity contribution is 0.0933. The number of para-hydroxylation sites is 1. The van der Waals surface area contributed by atoms with E-state index in [2.05, 4.69) is 17.0 Å².